The lowest BCUT2D eigenvalue weighted by Gasteiger charge is -2.28. The first kappa shape index (κ1) is 17.6. The lowest BCUT2D eigenvalue weighted by molar-refractivity contribution is -0.119. The predicted molar refractivity (Wildman–Crippen MR) is 103 cm³/mol. The molecular weight excluding hydrogens is 344 g/mol. The number of thioether (sulfide) groups is 1. The summed E-state index contributed by atoms with van der Waals surface area (Å²) in [5.74, 6) is 2.86. The van der Waals surface area contributed by atoms with E-state index >= 15 is 0 Å². The van der Waals surface area contributed by atoms with E-state index in [1.807, 2.05) is 16.7 Å². The fourth-order valence-corrected chi connectivity index (χ4v) is 5.38. The van der Waals surface area contributed by atoms with Crippen LogP contribution in [0.4, 0.5) is 0 Å². The van der Waals surface area contributed by atoms with Crippen LogP contribution in [0.25, 0.3) is 5.69 Å². The molecule has 5 nitrogen and oxygen atoms in total. The molecular formula is C20H26N4OS. The highest BCUT2D eigenvalue weighted by Crippen LogP contribution is 2.49. The van der Waals surface area contributed by atoms with Crippen LogP contribution in [-0.2, 0) is 4.79 Å². The van der Waals surface area contributed by atoms with Crippen molar-refractivity contribution in [3.05, 3.63) is 36.2 Å². The van der Waals surface area contributed by atoms with E-state index < -0.39 is 0 Å². The molecule has 2 aliphatic rings. The van der Waals surface area contributed by atoms with E-state index in [4.69, 9.17) is 0 Å². The third-order valence-corrected chi connectivity index (χ3v) is 6.93. The summed E-state index contributed by atoms with van der Waals surface area (Å²) in [7, 11) is 0. The average molecular weight is 371 g/mol. The number of amides is 1. The molecule has 0 aliphatic heterocycles. The van der Waals surface area contributed by atoms with E-state index in [-0.39, 0.29) is 11.9 Å². The van der Waals surface area contributed by atoms with Crippen LogP contribution in [-0.4, -0.2) is 32.5 Å². The molecule has 2 aromatic rings. The molecule has 0 radical (unpaired) electrons. The summed E-state index contributed by atoms with van der Waals surface area (Å²) in [6.07, 6.45) is 7.11. The number of carbonyl (C=O) groups excluding carboxylic acids is 1. The van der Waals surface area contributed by atoms with Gasteiger partial charge in [0.2, 0.25) is 5.91 Å². The lowest BCUT2D eigenvalue weighted by Crippen LogP contribution is -2.40. The molecule has 2 saturated carbocycles. The van der Waals surface area contributed by atoms with Crippen molar-refractivity contribution in [1.29, 1.82) is 0 Å². The maximum absolute atomic E-state index is 12.4. The second-order valence-corrected chi connectivity index (χ2v) is 8.75. The minimum Gasteiger partial charge on any atom is -0.353 e. The van der Waals surface area contributed by atoms with E-state index in [0.29, 0.717) is 11.7 Å². The van der Waals surface area contributed by atoms with Gasteiger partial charge < -0.3 is 5.32 Å². The number of nitrogens with one attached hydrogen (secondary N) is 1. The molecule has 4 unspecified atom stereocenters. The van der Waals surface area contributed by atoms with Crippen molar-refractivity contribution in [1.82, 2.24) is 20.1 Å². The van der Waals surface area contributed by atoms with Crippen LogP contribution in [0.15, 0.2) is 35.7 Å². The highest BCUT2D eigenvalue weighted by atomic mass is 32.2. The molecule has 138 valence electrons. The zero-order chi connectivity index (χ0) is 18.1. The van der Waals surface area contributed by atoms with Crippen molar-refractivity contribution in [3.8, 4) is 5.69 Å². The van der Waals surface area contributed by atoms with Gasteiger partial charge in [-0.1, -0.05) is 35.9 Å². The summed E-state index contributed by atoms with van der Waals surface area (Å²) in [5.41, 5.74) is 2.23. The average Bonchev–Trinajstić information content (AvgIpc) is 3.37. The number of rotatable bonds is 6. The molecule has 4 atom stereocenters. The number of nitrogens with zero attached hydrogens (tertiary/aromatic N) is 3. The van der Waals surface area contributed by atoms with Crippen LogP contribution in [0.5, 0.6) is 0 Å². The molecule has 6 heteroatoms. The van der Waals surface area contributed by atoms with Gasteiger partial charge in [0.1, 0.15) is 6.33 Å². The predicted octanol–water partition coefficient (Wildman–Crippen LogP) is 3.61. The van der Waals surface area contributed by atoms with Crippen LogP contribution in [0.2, 0.25) is 0 Å². The van der Waals surface area contributed by atoms with Gasteiger partial charge in [0.05, 0.1) is 5.75 Å². The lowest BCUT2D eigenvalue weighted by atomic mass is 9.84. The summed E-state index contributed by atoms with van der Waals surface area (Å²) in [6.45, 7) is 4.23. The van der Waals surface area contributed by atoms with Crippen LogP contribution in [0.3, 0.4) is 0 Å². The van der Waals surface area contributed by atoms with Crippen LogP contribution >= 0.6 is 11.8 Å². The Kier molecular flexibility index (Phi) is 5.02. The van der Waals surface area contributed by atoms with E-state index in [0.717, 1.165) is 22.7 Å². The summed E-state index contributed by atoms with van der Waals surface area (Å²) < 4.78 is 1.93. The quantitative estimate of drug-likeness (QED) is 0.789. The van der Waals surface area contributed by atoms with Crippen molar-refractivity contribution >= 4 is 17.7 Å². The Hall–Kier alpha value is -1.82. The molecule has 26 heavy (non-hydrogen) atoms. The number of hydrogen-bond donors (Lipinski definition) is 1. The molecule has 0 spiro atoms. The number of carbonyl (C=O) groups is 1. The summed E-state index contributed by atoms with van der Waals surface area (Å²) in [5, 5.41) is 12.1. The van der Waals surface area contributed by atoms with Gasteiger partial charge in [-0.25, -0.2) is 0 Å². The van der Waals surface area contributed by atoms with Gasteiger partial charge in [0, 0.05) is 11.7 Å². The summed E-state index contributed by atoms with van der Waals surface area (Å²) >= 11 is 1.44. The molecule has 4 rings (SSSR count). The first-order valence-corrected chi connectivity index (χ1v) is 10.5. The Morgan fingerprint density at radius 2 is 2.12 bits per heavy atom. The Morgan fingerprint density at radius 1 is 1.31 bits per heavy atom. The van der Waals surface area contributed by atoms with Gasteiger partial charge >= 0.3 is 0 Å². The zero-order valence-corrected chi connectivity index (χ0v) is 16.2. The molecule has 1 aromatic heterocycles. The number of aryl methyl sites for hydroxylation is 1. The highest BCUT2D eigenvalue weighted by molar-refractivity contribution is 7.99. The van der Waals surface area contributed by atoms with Gasteiger partial charge in [-0.15, -0.1) is 10.2 Å². The molecule has 2 aliphatic carbocycles. The second kappa shape index (κ2) is 7.43. The molecule has 1 heterocycles. The summed E-state index contributed by atoms with van der Waals surface area (Å²) in [4.78, 5) is 12.4. The minimum atomic E-state index is 0.0868. The van der Waals surface area contributed by atoms with E-state index in [2.05, 4.69) is 41.5 Å². The Morgan fingerprint density at radius 3 is 2.81 bits per heavy atom. The van der Waals surface area contributed by atoms with Gasteiger partial charge in [0.15, 0.2) is 5.16 Å². The van der Waals surface area contributed by atoms with Crippen molar-refractivity contribution in [2.24, 2.45) is 17.8 Å². The third kappa shape index (κ3) is 3.65. The fourth-order valence-electron chi connectivity index (χ4n) is 4.64. The van der Waals surface area contributed by atoms with Gasteiger partial charge in [-0.3, -0.25) is 9.36 Å². The van der Waals surface area contributed by atoms with Crippen molar-refractivity contribution in [2.45, 2.75) is 50.7 Å². The maximum atomic E-state index is 12.4. The van der Waals surface area contributed by atoms with E-state index in [1.165, 1.54) is 43.0 Å². The minimum absolute atomic E-state index is 0.0868. The molecule has 1 N–H and O–H groups in total. The normalized spacial score (nSPS) is 25.4. The van der Waals surface area contributed by atoms with Crippen LogP contribution < -0.4 is 5.32 Å². The first-order valence-electron chi connectivity index (χ1n) is 9.49. The molecule has 1 aromatic carbocycles. The molecule has 2 fully saturated rings. The summed E-state index contributed by atoms with van der Waals surface area (Å²) in [6, 6.07) is 8.48. The monoisotopic (exact) mass is 370 g/mol. The number of benzene rings is 1. The number of aromatic nitrogens is 3. The maximum Gasteiger partial charge on any atom is 0.230 e. The highest BCUT2D eigenvalue weighted by Gasteiger charge is 2.42. The molecule has 2 bridgehead atoms. The topological polar surface area (TPSA) is 59.8 Å². The Labute approximate surface area is 159 Å². The smallest absolute Gasteiger partial charge is 0.230 e. The zero-order valence-electron chi connectivity index (χ0n) is 15.4. The van der Waals surface area contributed by atoms with E-state index in [1.54, 1.807) is 6.33 Å². The largest absolute Gasteiger partial charge is 0.353 e. The fraction of sp³-hybridized carbons (Fsp3) is 0.550. The second-order valence-electron chi connectivity index (χ2n) is 7.80. The van der Waals surface area contributed by atoms with Gasteiger partial charge in [-0.05, 0) is 63.0 Å². The van der Waals surface area contributed by atoms with Gasteiger partial charge in [-0.2, -0.15) is 0 Å². The van der Waals surface area contributed by atoms with Crippen molar-refractivity contribution in [3.63, 3.8) is 0 Å². The van der Waals surface area contributed by atoms with Crippen molar-refractivity contribution in [2.75, 3.05) is 5.75 Å². The van der Waals surface area contributed by atoms with Crippen molar-refractivity contribution < 1.29 is 4.79 Å². The Balaban J connectivity index is 1.32. The first-order chi connectivity index (χ1) is 12.6. The SMILES string of the molecule is Cc1ccc(-n2cnnc2SCC(=O)NC(C)C2CC3CCC2C3)cc1. The van der Waals surface area contributed by atoms with E-state index in [9.17, 15) is 4.79 Å². The third-order valence-electron chi connectivity index (χ3n) is 5.98. The van der Waals surface area contributed by atoms with Crippen LogP contribution in [0, 0.1) is 24.7 Å². The van der Waals surface area contributed by atoms with Gasteiger partial charge in [0.25, 0.3) is 0 Å². The molecule has 0 saturated heterocycles. The standard InChI is InChI=1S/C20H26N4OS/c1-13-3-7-17(8-4-13)24-12-21-23-20(24)26-11-19(25)22-14(2)18-10-15-5-6-16(18)9-15/h3-4,7-8,12,14-16,18H,5-6,9-11H2,1-2H3,(H,22,25). The number of fused-ring (bicyclic) bond motifs is 2. The van der Waals surface area contributed by atoms with Crippen LogP contribution in [0.1, 0.15) is 38.2 Å². The Bertz CT molecular complexity index is 772. The molecule has 1 amide bonds. The number of hydrogen-bond acceptors (Lipinski definition) is 4.